The molecule has 25 heavy (non-hydrogen) atoms. The number of para-hydroxylation sites is 1. The summed E-state index contributed by atoms with van der Waals surface area (Å²) in [5, 5.41) is 9.01. The number of amides is 1. The van der Waals surface area contributed by atoms with Crippen LogP contribution in [0, 0.1) is 24.2 Å². The van der Waals surface area contributed by atoms with Crippen LogP contribution < -0.4 is 4.74 Å². The Hall–Kier alpha value is -2.80. The summed E-state index contributed by atoms with van der Waals surface area (Å²) in [6.07, 6.45) is 2.04. The van der Waals surface area contributed by atoms with Crippen LogP contribution in [-0.2, 0) is 0 Å². The molecule has 0 spiro atoms. The second-order valence-corrected chi connectivity index (χ2v) is 6.53. The predicted molar refractivity (Wildman–Crippen MR) is 96.5 cm³/mol. The van der Waals surface area contributed by atoms with Gasteiger partial charge in [-0.1, -0.05) is 24.3 Å². The summed E-state index contributed by atoms with van der Waals surface area (Å²) in [7, 11) is 0. The van der Waals surface area contributed by atoms with E-state index < -0.39 is 0 Å². The molecule has 1 aliphatic heterocycles. The van der Waals surface area contributed by atoms with Crippen molar-refractivity contribution < 1.29 is 9.53 Å². The van der Waals surface area contributed by atoms with Gasteiger partial charge in [0.25, 0.3) is 5.91 Å². The molecule has 1 atom stereocenters. The number of carbonyl (C=O) groups excluding carboxylic acids is 1. The molecular weight excluding hydrogens is 312 g/mol. The highest BCUT2D eigenvalue weighted by molar-refractivity contribution is 5.94. The van der Waals surface area contributed by atoms with Crippen molar-refractivity contribution in [2.24, 2.45) is 5.92 Å². The van der Waals surface area contributed by atoms with E-state index in [9.17, 15) is 4.79 Å². The summed E-state index contributed by atoms with van der Waals surface area (Å²) in [5.74, 6) is 1.24. The van der Waals surface area contributed by atoms with Gasteiger partial charge in [-0.2, -0.15) is 5.26 Å². The maximum absolute atomic E-state index is 12.7. The number of hydrogen-bond donors (Lipinski definition) is 0. The second kappa shape index (κ2) is 7.85. The molecule has 1 saturated heterocycles. The topological polar surface area (TPSA) is 53.3 Å². The zero-order valence-electron chi connectivity index (χ0n) is 14.4. The van der Waals surface area contributed by atoms with E-state index in [0.717, 1.165) is 30.7 Å². The van der Waals surface area contributed by atoms with Gasteiger partial charge in [-0.3, -0.25) is 4.79 Å². The van der Waals surface area contributed by atoms with Gasteiger partial charge in [-0.05, 0) is 49.6 Å². The highest BCUT2D eigenvalue weighted by Crippen LogP contribution is 2.22. The molecule has 2 aromatic carbocycles. The second-order valence-electron chi connectivity index (χ2n) is 6.53. The molecule has 1 amide bonds. The smallest absolute Gasteiger partial charge is 0.253 e. The first-order valence-corrected chi connectivity index (χ1v) is 8.65. The molecule has 4 heteroatoms. The summed E-state index contributed by atoms with van der Waals surface area (Å²) in [6.45, 7) is 4.11. The third-order valence-electron chi connectivity index (χ3n) is 4.61. The van der Waals surface area contributed by atoms with Crippen molar-refractivity contribution in [3.8, 4) is 11.8 Å². The largest absolute Gasteiger partial charge is 0.493 e. The minimum Gasteiger partial charge on any atom is -0.493 e. The van der Waals surface area contributed by atoms with Crippen LogP contribution in [0.5, 0.6) is 5.75 Å². The molecule has 0 N–H and O–H groups in total. The highest BCUT2D eigenvalue weighted by Gasteiger charge is 2.25. The summed E-state index contributed by atoms with van der Waals surface area (Å²) < 4.78 is 5.97. The fourth-order valence-electron chi connectivity index (χ4n) is 3.22. The zero-order valence-corrected chi connectivity index (χ0v) is 14.4. The van der Waals surface area contributed by atoms with Crippen molar-refractivity contribution in [3.05, 3.63) is 65.2 Å². The van der Waals surface area contributed by atoms with E-state index in [2.05, 4.69) is 6.07 Å². The Morgan fingerprint density at radius 2 is 2.12 bits per heavy atom. The molecule has 128 valence electrons. The van der Waals surface area contributed by atoms with Gasteiger partial charge in [0, 0.05) is 24.6 Å². The number of nitriles is 1. The maximum atomic E-state index is 12.7. The van der Waals surface area contributed by atoms with Gasteiger partial charge in [-0.15, -0.1) is 0 Å². The molecule has 1 heterocycles. The van der Waals surface area contributed by atoms with E-state index in [1.54, 1.807) is 24.3 Å². The van der Waals surface area contributed by atoms with Crippen molar-refractivity contribution >= 4 is 5.91 Å². The van der Waals surface area contributed by atoms with Crippen LogP contribution in [0.2, 0.25) is 0 Å². The Morgan fingerprint density at radius 3 is 2.92 bits per heavy atom. The van der Waals surface area contributed by atoms with E-state index in [0.29, 0.717) is 30.2 Å². The van der Waals surface area contributed by atoms with Crippen LogP contribution >= 0.6 is 0 Å². The lowest BCUT2D eigenvalue weighted by molar-refractivity contribution is 0.0633. The fourth-order valence-corrected chi connectivity index (χ4v) is 3.22. The summed E-state index contributed by atoms with van der Waals surface area (Å²) in [6, 6.07) is 17.0. The quantitative estimate of drug-likeness (QED) is 0.854. The number of nitrogens with zero attached hydrogens (tertiary/aromatic N) is 2. The van der Waals surface area contributed by atoms with Crippen LogP contribution in [0.3, 0.4) is 0 Å². The van der Waals surface area contributed by atoms with Crippen LogP contribution in [0.25, 0.3) is 0 Å². The molecule has 4 nitrogen and oxygen atoms in total. The van der Waals surface area contributed by atoms with Crippen molar-refractivity contribution in [2.75, 3.05) is 19.7 Å². The van der Waals surface area contributed by atoms with Crippen molar-refractivity contribution in [1.29, 1.82) is 5.26 Å². The van der Waals surface area contributed by atoms with E-state index in [4.69, 9.17) is 10.00 Å². The molecule has 2 aromatic rings. The number of carbonyl (C=O) groups is 1. The minimum atomic E-state index is -0.00214. The summed E-state index contributed by atoms with van der Waals surface area (Å²) >= 11 is 0. The summed E-state index contributed by atoms with van der Waals surface area (Å²) in [5.41, 5.74) is 2.22. The lowest BCUT2D eigenvalue weighted by Crippen LogP contribution is -2.41. The van der Waals surface area contributed by atoms with Crippen LogP contribution in [0.1, 0.15) is 34.3 Å². The first-order chi connectivity index (χ1) is 12.2. The van der Waals surface area contributed by atoms with Gasteiger partial charge in [-0.25, -0.2) is 0 Å². The van der Waals surface area contributed by atoms with E-state index in [1.807, 2.05) is 36.1 Å². The van der Waals surface area contributed by atoms with Gasteiger partial charge in [0.15, 0.2) is 0 Å². The lowest BCUT2D eigenvalue weighted by atomic mass is 9.98. The lowest BCUT2D eigenvalue weighted by Gasteiger charge is -2.33. The zero-order chi connectivity index (χ0) is 17.6. The summed E-state index contributed by atoms with van der Waals surface area (Å²) in [4.78, 5) is 14.6. The number of hydrogen-bond acceptors (Lipinski definition) is 3. The Morgan fingerprint density at radius 1 is 1.28 bits per heavy atom. The molecule has 0 saturated carbocycles. The van der Waals surface area contributed by atoms with Gasteiger partial charge in [0.2, 0.25) is 0 Å². The fraction of sp³-hybridized carbons (Fsp3) is 0.333. The Balaban J connectivity index is 1.62. The molecule has 0 bridgehead atoms. The average Bonchev–Trinajstić information content (AvgIpc) is 2.67. The number of rotatable bonds is 4. The minimum absolute atomic E-state index is 0.00214. The van der Waals surface area contributed by atoms with Crippen molar-refractivity contribution in [1.82, 2.24) is 4.90 Å². The third-order valence-corrected chi connectivity index (χ3v) is 4.61. The van der Waals surface area contributed by atoms with E-state index in [-0.39, 0.29) is 5.91 Å². The Labute approximate surface area is 148 Å². The van der Waals surface area contributed by atoms with E-state index in [1.165, 1.54) is 0 Å². The average molecular weight is 334 g/mol. The first kappa shape index (κ1) is 17.0. The molecule has 1 aliphatic rings. The van der Waals surface area contributed by atoms with Crippen LogP contribution in [0.4, 0.5) is 0 Å². The SMILES string of the molecule is Cc1ccccc1OCC1CCCN(C(=O)c2cccc(C#N)c2)C1. The molecule has 0 radical (unpaired) electrons. The Bertz CT molecular complexity index is 794. The van der Waals surface area contributed by atoms with Gasteiger partial charge in [0.1, 0.15) is 5.75 Å². The molecule has 0 aliphatic carbocycles. The highest BCUT2D eigenvalue weighted by atomic mass is 16.5. The number of piperidine rings is 1. The maximum Gasteiger partial charge on any atom is 0.253 e. The number of ether oxygens (including phenoxy) is 1. The molecule has 1 unspecified atom stereocenters. The predicted octanol–water partition coefficient (Wildman–Crippen LogP) is 3.80. The van der Waals surface area contributed by atoms with Gasteiger partial charge < -0.3 is 9.64 Å². The molecule has 3 rings (SSSR count). The van der Waals surface area contributed by atoms with Crippen molar-refractivity contribution in [3.63, 3.8) is 0 Å². The van der Waals surface area contributed by atoms with Gasteiger partial charge in [0.05, 0.1) is 18.2 Å². The number of likely N-dealkylation sites (tertiary alicyclic amines) is 1. The van der Waals surface area contributed by atoms with Gasteiger partial charge >= 0.3 is 0 Å². The van der Waals surface area contributed by atoms with Crippen LogP contribution in [0.15, 0.2) is 48.5 Å². The number of benzene rings is 2. The standard InChI is InChI=1S/C21H22N2O2/c1-16-6-2-3-10-20(16)25-15-18-8-5-11-23(14-18)21(24)19-9-4-7-17(12-19)13-22/h2-4,6-7,9-10,12,18H,5,8,11,14-15H2,1H3. The Kier molecular flexibility index (Phi) is 5.35. The van der Waals surface area contributed by atoms with Crippen molar-refractivity contribution in [2.45, 2.75) is 19.8 Å². The number of aryl methyl sites for hydroxylation is 1. The first-order valence-electron chi connectivity index (χ1n) is 8.65. The molecule has 1 fully saturated rings. The monoisotopic (exact) mass is 334 g/mol. The van der Waals surface area contributed by atoms with Crippen LogP contribution in [-0.4, -0.2) is 30.5 Å². The molecule has 0 aromatic heterocycles. The third kappa shape index (κ3) is 4.19. The molecular formula is C21H22N2O2. The van der Waals surface area contributed by atoms with E-state index >= 15 is 0 Å². The normalized spacial score (nSPS) is 17.0.